The summed E-state index contributed by atoms with van der Waals surface area (Å²) in [5.74, 6) is 0.501. The van der Waals surface area contributed by atoms with Gasteiger partial charge in [-0.25, -0.2) is 4.98 Å². The molecular formula is C22H21ClN4O2. The Kier molecular flexibility index (Phi) is 5.11. The molecule has 0 spiro atoms. The first-order valence-corrected chi connectivity index (χ1v) is 9.74. The molecule has 0 radical (unpaired) electrons. The van der Waals surface area contributed by atoms with E-state index in [1.165, 1.54) is 0 Å². The lowest BCUT2D eigenvalue weighted by Gasteiger charge is -2.16. The third-order valence-corrected chi connectivity index (χ3v) is 5.34. The Bertz CT molecular complexity index is 1150. The number of anilines is 1. The molecule has 0 saturated carbocycles. The molecule has 148 valence electrons. The third-order valence-electron chi connectivity index (χ3n) is 5.10. The minimum atomic E-state index is -0.0954. The highest BCUT2D eigenvalue weighted by Crippen LogP contribution is 2.25. The second-order valence-electron chi connectivity index (χ2n) is 7.28. The first-order chi connectivity index (χ1) is 13.9. The largest absolute Gasteiger partial charge is 0.350 e. The van der Waals surface area contributed by atoms with Crippen LogP contribution in [0.4, 0.5) is 5.82 Å². The van der Waals surface area contributed by atoms with E-state index in [1.807, 2.05) is 42.1 Å². The molecule has 0 unspecified atom stereocenters. The summed E-state index contributed by atoms with van der Waals surface area (Å²) >= 11 is 6.09. The SMILES string of the molecule is CN(Cc1cn(C)c2cc(Cl)ccc12)C(=O)/C=C/c1cnc2c(c1)CCC(=O)N2. The van der Waals surface area contributed by atoms with Gasteiger partial charge in [0.1, 0.15) is 5.82 Å². The van der Waals surface area contributed by atoms with Crippen molar-refractivity contribution in [3.05, 3.63) is 64.4 Å². The number of fused-ring (bicyclic) bond motifs is 2. The van der Waals surface area contributed by atoms with Crippen LogP contribution in [0.2, 0.25) is 5.02 Å². The number of rotatable bonds is 4. The van der Waals surface area contributed by atoms with E-state index in [9.17, 15) is 9.59 Å². The number of benzene rings is 1. The van der Waals surface area contributed by atoms with E-state index in [4.69, 9.17) is 11.6 Å². The van der Waals surface area contributed by atoms with E-state index in [1.54, 1.807) is 30.3 Å². The zero-order valence-corrected chi connectivity index (χ0v) is 17.0. The van der Waals surface area contributed by atoms with E-state index >= 15 is 0 Å². The number of halogens is 1. The molecular weight excluding hydrogens is 388 g/mol. The van der Waals surface area contributed by atoms with E-state index in [0.717, 1.165) is 27.6 Å². The number of carbonyl (C=O) groups is 2. The van der Waals surface area contributed by atoms with Gasteiger partial charge in [-0.3, -0.25) is 9.59 Å². The maximum Gasteiger partial charge on any atom is 0.246 e. The Morgan fingerprint density at radius 2 is 2.17 bits per heavy atom. The van der Waals surface area contributed by atoms with Gasteiger partial charge in [0.25, 0.3) is 0 Å². The predicted octanol–water partition coefficient (Wildman–Crippen LogP) is 3.78. The van der Waals surface area contributed by atoms with Gasteiger partial charge in [-0.1, -0.05) is 17.7 Å². The molecule has 1 aliphatic heterocycles. The van der Waals surface area contributed by atoms with Crippen LogP contribution < -0.4 is 5.32 Å². The van der Waals surface area contributed by atoms with Gasteiger partial charge in [-0.05, 0) is 47.4 Å². The van der Waals surface area contributed by atoms with E-state index in [-0.39, 0.29) is 11.8 Å². The van der Waals surface area contributed by atoms with Crippen molar-refractivity contribution in [1.82, 2.24) is 14.5 Å². The molecule has 0 saturated heterocycles. The lowest BCUT2D eigenvalue weighted by atomic mass is 10.0. The molecule has 0 bridgehead atoms. The fourth-order valence-electron chi connectivity index (χ4n) is 3.56. The van der Waals surface area contributed by atoms with Gasteiger partial charge < -0.3 is 14.8 Å². The second-order valence-corrected chi connectivity index (χ2v) is 7.72. The highest BCUT2D eigenvalue weighted by Gasteiger charge is 2.16. The molecule has 1 aliphatic rings. The Morgan fingerprint density at radius 1 is 1.34 bits per heavy atom. The molecule has 6 nitrogen and oxygen atoms in total. The van der Waals surface area contributed by atoms with Crippen LogP contribution in [0.15, 0.2) is 42.7 Å². The Hall–Kier alpha value is -3.12. The molecule has 4 rings (SSSR count). The van der Waals surface area contributed by atoms with Gasteiger partial charge in [0.05, 0.1) is 0 Å². The summed E-state index contributed by atoms with van der Waals surface area (Å²) in [7, 11) is 3.75. The number of nitrogens with one attached hydrogen (secondary N) is 1. The first kappa shape index (κ1) is 19.2. The van der Waals surface area contributed by atoms with Crippen molar-refractivity contribution in [1.29, 1.82) is 0 Å². The zero-order chi connectivity index (χ0) is 20.5. The first-order valence-electron chi connectivity index (χ1n) is 9.36. The number of aryl methyl sites for hydroxylation is 2. The van der Waals surface area contributed by atoms with E-state index in [0.29, 0.717) is 30.2 Å². The molecule has 1 N–H and O–H groups in total. The number of aromatic nitrogens is 2. The van der Waals surface area contributed by atoms with Crippen molar-refractivity contribution in [2.45, 2.75) is 19.4 Å². The van der Waals surface area contributed by atoms with Gasteiger partial charge >= 0.3 is 0 Å². The van der Waals surface area contributed by atoms with Crippen LogP contribution in [0.5, 0.6) is 0 Å². The number of nitrogens with zero attached hydrogens (tertiary/aromatic N) is 3. The molecule has 3 aromatic rings. The molecule has 7 heteroatoms. The minimum absolute atomic E-state index is 0.0131. The summed E-state index contributed by atoms with van der Waals surface area (Å²) in [6, 6.07) is 7.73. The van der Waals surface area contributed by atoms with Gasteiger partial charge in [-0.2, -0.15) is 0 Å². The van der Waals surface area contributed by atoms with Crippen LogP contribution in [-0.2, 0) is 29.6 Å². The van der Waals surface area contributed by atoms with Crippen LogP contribution in [0, 0.1) is 0 Å². The maximum atomic E-state index is 12.6. The molecule has 2 amide bonds. The number of likely N-dealkylation sites (N-methyl/N-ethyl adjacent to an activating group) is 1. The average Bonchev–Trinajstić information content (AvgIpc) is 3.00. The fraction of sp³-hybridized carbons (Fsp3) is 0.227. The summed E-state index contributed by atoms with van der Waals surface area (Å²) in [4.78, 5) is 30.0. The summed E-state index contributed by atoms with van der Waals surface area (Å²) in [6.07, 6.45) is 8.10. The highest BCUT2D eigenvalue weighted by atomic mass is 35.5. The van der Waals surface area contributed by atoms with Crippen molar-refractivity contribution < 1.29 is 9.59 Å². The third kappa shape index (κ3) is 4.03. The smallest absolute Gasteiger partial charge is 0.246 e. The molecule has 0 fully saturated rings. The Balaban J connectivity index is 1.47. The second kappa shape index (κ2) is 7.72. The van der Waals surface area contributed by atoms with Gasteiger partial charge in [0.15, 0.2) is 0 Å². The molecule has 3 heterocycles. The van der Waals surface area contributed by atoms with Crippen molar-refractivity contribution in [2.75, 3.05) is 12.4 Å². The number of pyridine rings is 1. The number of carbonyl (C=O) groups excluding carboxylic acids is 2. The molecule has 1 aromatic carbocycles. The van der Waals surface area contributed by atoms with Crippen molar-refractivity contribution >= 4 is 46.2 Å². The Labute approximate surface area is 173 Å². The van der Waals surface area contributed by atoms with Crippen molar-refractivity contribution in [3.63, 3.8) is 0 Å². The molecule has 29 heavy (non-hydrogen) atoms. The molecule has 0 atom stereocenters. The highest BCUT2D eigenvalue weighted by molar-refractivity contribution is 6.31. The van der Waals surface area contributed by atoms with E-state index < -0.39 is 0 Å². The predicted molar refractivity (Wildman–Crippen MR) is 115 cm³/mol. The normalized spacial score (nSPS) is 13.6. The Morgan fingerprint density at radius 3 is 3.00 bits per heavy atom. The van der Waals surface area contributed by atoms with Crippen molar-refractivity contribution in [2.24, 2.45) is 7.05 Å². The monoisotopic (exact) mass is 408 g/mol. The van der Waals surface area contributed by atoms with Gasteiger partial charge in [-0.15, -0.1) is 0 Å². The summed E-state index contributed by atoms with van der Waals surface area (Å²) in [5, 5.41) is 4.53. The van der Waals surface area contributed by atoms with Crippen LogP contribution in [0.25, 0.3) is 17.0 Å². The van der Waals surface area contributed by atoms with Gasteiger partial charge in [0.2, 0.25) is 11.8 Å². The van der Waals surface area contributed by atoms with Crippen LogP contribution in [0.1, 0.15) is 23.1 Å². The lowest BCUT2D eigenvalue weighted by molar-refractivity contribution is -0.125. The standard InChI is InChI=1S/C22H21ClN4O2/c1-26-12-16(18-6-5-17(23)10-19(18)26)13-27(2)21(29)8-3-14-9-15-4-7-20(28)25-22(15)24-11-14/h3,5-6,8-12H,4,7,13H2,1-2H3,(H,24,25,28)/b8-3+. The van der Waals surface area contributed by atoms with Crippen LogP contribution in [0.3, 0.4) is 0 Å². The topological polar surface area (TPSA) is 67.2 Å². The lowest BCUT2D eigenvalue weighted by Crippen LogP contribution is -2.24. The van der Waals surface area contributed by atoms with Crippen molar-refractivity contribution in [3.8, 4) is 0 Å². The van der Waals surface area contributed by atoms with Crippen LogP contribution >= 0.6 is 11.6 Å². The number of amides is 2. The molecule has 2 aromatic heterocycles. The fourth-order valence-corrected chi connectivity index (χ4v) is 3.73. The quantitative estimate of drug-likeness (QED) is 0.668. The summed E-state index contributed by atoms with van der Waals surface area (Å²) < 4.78 is 2.02. The minimum Gasteiger partial charge on any atom is -0.350 e. The average molecular weight is 409 g/mol. The number of hydrogen-bond acceptors (Lipinski definition) is 3. The zero-order valence-electron chi connectivity index (χ0n) is 16.3. The summed E-state index contributed by atoms with van der Waals surface area (Å²) in [6.45, 7) is 0.497. The van der Waals surface area contributed by atoms with E-state index in [2.05, 4.69) is 10.3 Å². The van der Waals surface area contributed by atoms with Gasteiger partial charge in [0, 0.05) is 61.5 Å². The molecule has 0 aliphatic carbocycles. The van der Waals surface area contributed by atoms with Crippen LogP contribution in [-0.4, -0.2) is 33.3 Å². The summed E-state index contributed by atoms with van der Waals surface area (Å²) in [5.41, 5.74) is 3.93. The number of hydrogen-bond donors (Lipinski definition) is 1. The maximum absolute atomic E-state index is 12.6.